The summed E-state index contributed by atoms with van der Waals surface area (Å²) < 4.78 is 0. The highest BCUT2D eigenvalue weighted by Crippen LogP contribution is 2.28. The van der Waals surface area contributed by atoms with Gasteiger partial charge in [-0.25, -0.2) is 0 Å². The summed E-state index contributed by atoms with van der Waals surface area (Å²) in [6.45, 7) is 3.08. The molecule has 8 nitrogen and oxygen atoms in total. The van der Waals surface area contributed by atoms with Crippen molar-refractivity contribution in [1.29, 1.82) is 0 Å². The number of amides is 2. The Balaban J connectivity index is 1.30. The molecule has 2 aliphatic rings. The molecule has 0 aliphatic carbocycles. The van der Waals surface area contributed by atoms with Gasteiger partial charge in [-0.15, -0.1) is 0 Å². The van der Waals surface area contributed by atoms with Gasteiger partial charge in [-0.3, -0.25) is 19.7 Å². The van der Waals surface area contributed by atoms with E-state index in [1.165, 1.54) is 5.69 Å². The molecule has 2 atom stereocenters. The molecule has 2 aliphatic heterocycles. The van der Waals surface area contributed by atoms with Gasteiger partial charge in [0, 0.05) is 68.0 Å². The number of rotatable bonds is 4. The Kier molecular flexibility index (Phi) is 6.42. The number of carbonyl (C=O) groups is 2. The zero-order chi connectivity index (χ0) is 20.9. The molecule has 30 heavy (non-hydrogen) atoms. The van der Waals surface area contributed by atoms with Gasteiger partial charge in [0.15, 0.2) is 0 Å². The number of pyridine rings is 1. The molecule has 2 aromatic rings. The molecule has 0 spiro atoms. The molecule has 2 N–H and O–H groups in total. The molecule has 0 radical (unpaired) electrons. The number of aromatic amines is 1. The molecule has 2 aromatic heterocycles. The second kappa shape index (κ2) is 9.38. The maximum atomic E-state index is 13.2. The first-order valence-corrected chi connectivity index (χ1v) is 10.8. The number of hydrogen-bond donors (Lipinski definition) is 2. The summed E-state index contributed by atoms with van der Waals surface area (Å²) in [5.41, 5.74) is 1.79. The van der Waals surface area contributed by atoms with Crippen molar-refractivity contribution in [2.75, 3.05) is 33.2 Å². The van der Waals surface area contributed by atoms with Crippen LogP contribution in [0, 0.1) is 5.92 Å². The lowest BCUT2D eigenvalue weighted by atomic mass is 9.92. The van der Waals surface area contributed by atoms with Gasteiger partial charge in [0.1, 0.15) is 0 Å². The number of piperidine rings is 1. The minimum atomic E-state index is -0.0820. The van der Waals surface area contributed by atoms with Gasteiger partial charge in [-0.2, -0.15) is 5.10 Å². The third kappa shape index (κ3) is 4.87. The number of hydrogen-bond acceptors (Lipinski definition) is 5. The Morgan fingerprint density at radius 3 is 2.50 bits per heavy atom. The molecule has 4 heterocycles. The van der Waals surface area contributed by atoms with Gasteiger partial charge < -0.3 is 15.1 Å². The average molecular weight is 411 g/mol. The fraction of sp³-hybridized carbons (Fsp3) is 0.545. The Morgan fingerprint density at radius 1 is 1.03 bits per heavy atom. The number of carbonyl (C=O) groups excluding carboxylic acids is 2. The van der Waals surface area contributed by atoms with Gasteiger partial charge in [0.05, 0.1) is 5.92 Å². The lowest BCUT2D eigenvalue weighted by Gasteiger charge is -2.34. The van der Waals surface area contributed by atoms with Crippen molar-refractivity contribution >= 4 is 11.8 Å². The van der Waals surface area contributed by atoms with Crippen LogP contribution in [0.3, 0.4) is 0 Å². The van der Waals surface area contributed by atoms with E-state index >= 15 is 0 Å². The molecule has 2 saturated heterocycles. The highest BCUT2D eigenvalue weighted by Gasteiger charge is 2.32. The summed E-state index contributed by atoms with van der Waals surface area (Å²) in [6.07, 6.45) is 8.59. The topological polar surface area (TPSA) is 94.2 Å². The van der Waals surface area contributed by atoms with Crippen LogP contribution >= 0.6 is 0 Å². The number of likely N-dealkylation sites (N-methyl/N-ethyl adjacent to an activating group) is 1. The Bertz CT molecular complexity index is 833. The molecule has 2 fully saturated rings. The molecule has 160 valence electrons. The summed E-state index contributed by atoms with van der Waals surface area (Å²) in [5.74, 6) is 0.621. The van der Waals surface area contributed by atoms with E-state index in [9.17, 15) is 9.59 Å². The predicted octanol–water partition coefficient (Wildman–Crippen LogP) is 1.65. The van der Waals surface area contributed by atoms with Crippen LogP contribution in [0.5, 0.6) is 0 Å². The quantitative estimate of drug-likeness (QED) is 0.799. The molecular formula is C22H30N6O2. The third-order valence-corrected chi connectivity index (χ3v) is 6.32. The molecule has 0 bridgehead atoms. The number of nitrogens with one attached hydrogen (secondary N) is 2. The standard InChI is InChI=1S/C22H30N6O2/c1-27-14-18(2-3-19(15-27)25-21(29)17-4-9-23-10-5-17)22(30)28-12-7-16(8-13-28)20-6-11-24-26-20/h4-6,9-11,16,18-19H,2-3,7-8,12-15H2,1H3,(H,24,26)(H,25,29)/t18-,19+/m1/s1. The second-order valence-electron chi connectivity index (χ2n) is 8.51. The van der Waals surface area contributed by atoms with Crippen LogP contribution in [0.2, 0.25) is 0 Å². The normalized spacial score (nSPS) is 23.7. The van der Waals surface area contributed by atoms with Gasteiger partial charge in [0.25, 0.3) is 5.91 Å². The van der Waals surface area contributed by atoms with E-state index in [0.717, 1.165) is 51.9 Å². The van der Waals surface area contributed by atoms with Crippen LogP contribution in [0.15, 0.2) is 36.8 Å². The fourth-order valence-corrected chi connectivity index (χ4v) is 4.67. The smallest absolute Gasteiger partial charge is 0.251 e. The molecule has 0 unspecified atom stereocenters. The molecular weight excluding hydrogens is 380 g/mol. The fourth-order valence-electron chi connectivity index (χ4n) is 4.67. The van der Waals surface area contributed by atoms with Crippen LogP contribution in [0.25, 0.3) is 0 Å². The summed E-state index contributed by atoms with van der Waals surface area (Å²) in [4.78, 5) is 33.8. The highest BCUT2D eigenvalue weighted by molar-refractivity contribution is 5.94. The highest BCUT2D eigenvalue weighted by atomic mass is 16.2. The molecule has 2 amide bonds. The molecule has 8 heteroatoms. The van der Waals surface area contributed by atoms with E-state index in [1.807, 2.05) is 18.0 Å². The van der Waals surface area contributed by atoms with Crippen molar-refractivity contribution in [2.45, 2.75) is 37.6 Å². The Morgan fingerprint density at radius 2 is 1.80 bits per heavy atom. The SMILES string of the molecule is CN1C[C@@H](NC(=O)c2ccncc2)CC[C@@H](C(=O)N2CCC(c3ccn[nH]3)CC2)C1. The first kappa shape index (κ1) is 20.5. The molecule has 0 aromatic carbocycles. The molecule has 4 rings (SSSR count). The van der Waals surface area contributed by atoms with Crippen LogP contribution in [-0.4, -0.2) is 76.1 Å². The average Bonchev–Trinajstić information content (AvgIpc) is 3.25. The van der Waals surface area contributed by atoms with Crippen molar-refractivity contribution in [2.24, 2.45) is 5.92 Å². The van der Waals surface area contributed by atoms with Crippen molar-refractivity contribution < 1.29 is 9.59 Å². The van der Waals surface area contributed by atoms with Gasteiger partial charge in [-0.05, 0) is 50.9 Å². The lowest BCUT2D eigenvalue weighted by molar-refractivity contribution is -0.137. The van der Waals surface area contributed by atoms with Crippen molar-refractivity contribution in [3.8, 4) is 0 Å². The van der Waals surface area contributed by atoms with Crippen molar-refractivity contribution in [3.05, 3.63) is 48.0 Å². The van der Waals surface area contributed by atoms with Gasteiger partial charge in [-0.1, -0.05) is 0 Å². The summed E-state index contributed by atoms with van der Waals surface area (Å²) in [5, 5.41) is 10.2. The zero-order valence-corrected chi connectivity index (χ0v) is 17.5. The van der Waals surface area contributed by atoms with E-state index in [0.29, 0.717) is 11.5 Å². The van der Waals surface area contributed by atoms with Crippen molar-refractivity contribution in [3.63, 3.8) is 0 Å². The Labute approximate surface area is 177 Å². The summed E-state index contributed by atoms with van der Waals surface area (Å²) in [6, 6.07) is 5.51. The number of likely N-dealkylation sites (tertiary alicyclic amines) is 2. The zero-order valence-electron chi connectivity index (χ0n) is 17.5. The number of H-pyrrole nitrogens is 1. The second-order valence-corrected chi connectivity index (χ2v) is 8.51. The molecule has 0 saturated carbocycles. The minimum Gasteiger partial charge on any atom is -0.348 e. The monoisotopic (exact) mass is 410 g/mol. The first-order valence-electron chi connectivity index (χ1n) is 10.8. The largest absolute Gasteiger partial charge is 0.348 e. The first-order chi connectivity index (χ1) is 14.6. The maximum Gasteiger partial charge on any atom is 0.251 e. The third-order valence-electron chi connectivity index (χ3n) is 6.32. The number of nitrogens with zero attached hydrogens (tertiary/aromatic N) is 4. The van der Waals surface area contributed by atoms with Crippen molar-refractivity contribution in [1.82, 2.24) is 30.3 Å². The van der Waals surface area contributed by atoms with E-state index in [1.54, 1.807) is 30.7 Å². The van der Waals surface area contributed by atoms with Crippen LogP contribution < -0.4 is 5.32 Å². The number of aromatic nitrogens is 3. The minimum absolute atomic E-state index is 0.0125. The predicted molar refractivity (Wildman–Crippen MR) is 113 cm³/mol. The van der Waals surface area contributed by atoms with Gasteiger partial charge >= 0.3 is 0 Å². The van der Waals surface area contributed by atoms with Crippen LogP contribution in [0.4, 0.5) is 0 Å². The van der Waals surface area contributed by atoms with Crippen LogP contribution in [0.1, 0.15) is 47.7 Å². The van der Waals surface area contributed by atoms with E-state index < -0.39 is 0 Å². The summed E-state index contributed by atoms with van der Waals surface area (Å²) in [7, 11) is 2.03. The van der Waals surface area contributed by atoms with E-state index in [2.05, 4.69) is 25.4 Å². The van der Waals surface area contributed by atoms with E-state index in [-0.39, 0.29) is 23.8 Å². The lowest BCUT2D eigenvalue weighted by Crippen LogP contribution is -2.44. The Hall–Kier alpha value is -2.74. The van der Waals surface area contributed by atoms with E-state index in [4.69, 9.17) is 0 Å². The summed E-state index contributed by atoms with van der Waals surface area (Å²) >= 11 is 0. The maximum absolute atomic E-state index is 13.2. The van der Waals surface area contributed by atoms with Crippen LogP contribution in [-0.2, 0) is 4.79 Å². The van der Waals surface area contributed by atoms with Gasteiger partial charge in [0.2, 0.25) is 5.91 Å².